The van der Waals surface area contributed by atoms with Gasteiger partial charge in [-0.3, -0.25) is 0 Å². The minimum atomic E-state index is 0.883. The molecule has 0 bridgehead atoms. The van der Waals surface area contributed by atoms with Gasteiger partial charge < -0.3 is 9.32 Å². The quantitative estimate of drug-likeness (QED) is 0.178. The van der Waals surface area contributed by atoms with Crippen molar-refractivity contribution in [2.45, 2.75) is 0 Å². The van der Waals surface area contributed by atoms with Crippen molar-refractivity contribution >= 4 is 92.1 Å². The van der Waals surface area contributed by atoms with E-state index in [1.807, 2.05) is 23.5 Å². The number of fused-ring (bicyclic) bond motifs is 8. The molecule has 2 nitrogen and oxygen atoms in total. The first-order chi connectivity index (χ1) is 26.3. The highest BCUT2D eigenvalue weighted by molar-refractivity contribution is 7.25. The summed E-state index contributed by atoms with van der Waals surface area (Å²) in [4.78, 5) is 2.45. The molecule has 0 aliphatic heterocycles. The summed E-state index contributed by atoms with van der Waals surface area (Å²) in [6, 6.07) is 68.3. The highest BCUT2D eigenvalue weighted by atomic mass is 32.1. The van der Waals surface area contributed by atoms with Crippen molar-refractivity contribution in [2.75, 3.05) is 4.90 Å². The number of hydrogen-bond acceptors (Lipinski definition) is 3. The summed E-state index contributed by atoms with van der Waals surface area (Å²) in [5, 5.41) is 9.69. The van der Waals surface area contributed by atoms with Crippen LogP contribution in [0, 0.1) is 0 Å². The van der Waals surface area contributed by atoms with Crippen molar-refractivity contribution < 1.29 is 4.42 Å². The van der Waals surface area contributed by atoms with Gasteiger partial charge in [0.1, 0.15) is 11.2 Å². The normalized spacial score (nSPS) is 11.8. The van der Waals surface area contributed by atoms with E-state index in [0.29, 0.717) is 0 Å². The average Bonchev–Trinajstić information content (AvgIpc) is 3.78. The van der Waals surface area contributed by atoms with E-state index in [1.165, 1.54) is 64.0 Å². The number of anilines is 3. The van der Waals surface area contributed by atoms with Crippen LogP contribution in [-0.4, -0.2) is 0 Å². The Morgan fingerprint density at radius 2 is 1.04 bits per heavy atom. The number of furan rings is 1. The van der Waals surface area contributed by atoms with E-state index < -0.39 is 0 Å². The highest BCUT2D eigenvalue weighted by Crippen LogP contribution is 2.49. The molecule has 0 saturated heterocycles. The number of rotatable bonds is 5. The van der Waals surface area contributed by atoms with Crippen LogP contribution < -0.4 is 4.90 Å². The van der Waals surface area contributed by atoms with Crippen molar-refractivity contribution in [1.29, 1.82) is 0 Å². The van der Waals surface area contributed by atoms with Gasteiger partial charge in [-0.25, -0.2) is 0 Å². The van der Waals surface area contributed by atoms with Gasteiger partial charge in [-0.1, -0.05) is 133 Å². The summed E-state index contributed by atoms with van der Waals surface area (Å²) in [6.45, 7) is 0. The summed E-state index contributed by atoms with van der Waals surface area (Å²) in [5.74, 6) is 0. The monoisotopic (exact) mass is 693 g/mol. The molecule has 0 aliphatic carbocycles. The zero-order chi connectivity index (χ0) is 34.9. The third-order valence-electron chi connectivity index (χ3n) is 10.6. The summed E-state index contributed by atoms with van der Waals surface area (Å²) in [6.07, 6.45) is 0. The predicted octanol–water partition coefficient (Wildman–Crippen LogP) is 15.1. The Kier molecular flexibility index (Phi) is 6.76. The van der Waals surface area contributed by atoms with Crippen LogP contribution >= 0.6 is 11.3 Å². The van der Waals surface area contributed by atoms with E-state index in [1.54, 1.807) is 0 Å². The lowest BCUT2D eigenvalue weighted by molar-refractivity contribution is 0.669. The van der Waals surface area contributed by atoms with Crippen molar-refractivity contribution in [3.8, 4) is 22.3 Å². The lowest BCUT2D eigenvalue weighted by atomic mass is 9.88. The van der Waals surface area contributed by atoms with Crippen LogP contribution in [0.3, 0.4) is 0 Å². The van der Waals surface area contributed by atoms with Gasteiger partial charge in [0.05, 0.1) is 5.69 Å². The Balaban J connectivity index is 1.24. The molecule has 0 saturated carbocycles. The van der Waals surface area contributed by atoms with Gasteiger partial charge in [0.2, 0.25) is 0 Å². The second-order valence-corrected chi connectivity index (χ2v) is 14.8. The first-order valence-corrected chi connectivity index (χ1v) is 18.8. The number of para-hydroxylation sites is 1. The number of benzene rings is 9. The number of hydrogen-bond donors (Lipinski definition) is 0. The van der Waals surface area contributed by atoms with Gasteiger partial charge in [-0.05, 0) is 92.8 Å². The molecule has 248 valence electrons. The molecular formula is C50H31NOS. The number of thiophene rings is 1. The molecule has 0 aliphatic rings. The second kappa shape index (κ2) is 11.9. The fourth-order valence-electron chi connectivity index (χ4n) is 8.18. The molecule has 0 amide bonds. The zero-order valence-electron chi connectivity index (χ0n) is 28.7. The predicted molar refractivity (Wildman–Crippen MR) is 227 cm³/mol. The Hall–Kier alpha value is -6.68. The molecule has 2 aromatic heterocycles. The molecule has 0 spiro atoms. The second-order valence-electron chi connectivity index (χ2n) is 13.7. The van der Waals surface area contributed by atoms with Crippen LogP contribution in [0.2, 0.25) is 0 Å². The molecule has 0 fully saturated rings. The maximum Gasteiger partial charge on any atom is 0.135 e. The van der Waals surface area contributed by atoms with Crippen LogP contribution in [0.1, 0.15) is 0 Å². The smallest absolute Gasteiger partial charge is 0.135 e. The molecule has 3 heteroatoms. The van der Waals surface area contributed by atoms with Gasteiger partial charge in [-0.2, -0.15) is 0 Å². The summed E-state index contributed by atoms with van der Waals surface area (Å²) in [5.41, 5.74) is 9.83. The topological polar surface area (TPSA) is 16.4 Å². The van der Waals surface area contributed by atoms with Crippen LogP contribution in [0.25, 0.3) is 85.9 Å². The van der Waals surface area contributed by atoms with Gasteiger partial charge in [0, 0.05) is 47.9 Å². The molecule has 0 N–H and O–H groups in total. The van der Waals surface area contributed by atoms with Gasteiger partial charge in [0.15, 0.2) is 0 Å². The van der Waals surface area contributed by atoms with Gasteiger partial charge >= 0.3 is 0 Å². The molecule has 53 heavy (non-hydrogen) atoms. The third kappa shape index (κ3) is 4.86. The fourth-order valence-corrected chi connectivity index (χ4v) is 9.32. The minimum absolute atomic E-state index is 0.883. The van der Waals surface area contributed by atoms with E-state index >= 15 is 0 Å². The largest absolute Gasteiger partial charge is 0.456 e. The highest BCUT2D eigenvalue weighted by Gasteiger charge is 2.23. The molecule has 0 radical (unpaired) electrons. The lowest BCUT2D eigenvalue weighted by Gasteiger charge is -2.30. The molecule has 9 aromatic carbocycles. The Labute approximate surface area is 310 Å². The Morgan fingerprint density at radius 3 is 1.96 bits per heavy atom. The summed E-state index contributed by atoms with van der Waals surface area (Å²) >= 11 is 1.85. The summed E-state index contributed by atoms with van der Waals surface area (Å²) in [7, 11) is 0. The van der Waals surface area contributed by atoms with E-state index in [-0.39, 0.29) is 0 Å². The van der Waals surface area contributed by atoms with Crippen LogP contribution in [0.4, 0.5) is 17.1 Å². The number of nitrogens with zero attached hydrogens (tertiary/aromatic N) is 1. The van der Waals surface area contributed by atoms with Gasteiger partial charge in [-0.15, -0.1) is 11.3 Å². The first-order valence-electron chi connectivity index (χ1n) is 18.0. The standard InChI is InChI=1S/C50H31NOS/c1-2-13-34-29-35(24-23-32(34)11-1)39-18-10-20-45(50(39)43-19-9-14-33-12-3-4-15-38(33)43)51(36-26-28-47-44(30-36)40-16-5-7-21-46(40)52-47)37-25-27-42-41-17-6-8-22-48(41)53-49(42)31-37/h1-31H. The molecule has 0 atom stereocenters. The SMILES string of the molecule is c1cc(-c2ccc3ccccc3c2)c(-c2cccc3ccccc23)c(N(c2ccc3c(c2)sc2ccccc23)c2ccc3oc4ccccc4c3c2)c1. The van der Waals surface area contributed by atoms with E-state index in [4.69, 9.17) is 4.42 Å². The fraction of sp³-hybridized carbons (Fsp3) is 0. The van der Waals surface area contributed by atoms with E-state index in [0.717, 1.165) is 39.0 Å². The Bertz CT molecular complexity index is 3200. The van der Waals surface area contributed by atoms with Crippen molar-refractivity contribution in [3.63, 3.8) is 0 Å². The third-order valence-corrected chi connectivity index (χ3v) is 11.8. The van der Waals surface area contributed by atoms with E-state index in [2.05, 4.69) is 181 Å². The van der Waals surface area contributed by atoms with Crippen LogP contribution in [0.5, 0.6) is 0 Å². The molecule has 2 heterocycles. The average molecular weight is 694 g/mol. The molecule has 11 aromatic rings. The molecular weight excluding hydrogens is 663 g/mol. The van der Waals surface area contributed by atoms with Crippen molar-refractivity contribution in [1.82, 2.24) is 0 Å². The van der Waals surface area contributed by atoms with E-state index in [9.17, 15) is 0 Å². The van der Waals surface area contributed by atoms with Crippen LogP contribution in [0.15, 0.2) is 192 Å². The van der Waals surface area contributed by atoms with Crippen molar-refractivity contribution in [3.05, 3.63) is 188 Å². The lowest BCUT2D eigenvalue weighted by Crippen LogP contribution is -2.11. The zero-order valence-corrected chi connectivity index (χ0v) is 29.5. The van der Waals surface area contributed by atoms with Crippen LogP contribution in [-0.2, 0) is 0 Å². The molecule has 11 rings (SSSR count). The van der Waals surface area contributed by atoms with Gasteiger partial charge in [0.25, 0.3) is 0 Å². The summed E-state index contributed by atoms with van der Waals surface area (Å²) < 4.78 is 8.89. The maximum atomic E-state index is 6.33. The van der Waals surface area contributed by atoms with Crippen molar-refractivity contribution in [2.24, 2.45) is 0 Å². The maximum absolute atomic E-state index is 6.33. The molecule has 0 unspecified atom stereocenters. The minimum Gasteiger partial charge on any atom is -0.456 e. The first kappa shape index (κ1) is 30.0. The Morgan fingerprint density at radius 1 is 0.377 bits per heavy atom.